The van der Waals surface area contributed by atoms with Gasteiger partial charge in [0.1, 0.15) is 11.7 Å². The Kier molecular flexibility index (Phi) is 6.77. The molecule has 0 radical (unpaired) electrons. The third kappa shape index (κ3) is 5.19. The fourth-order valence-corrected chi connectivity index (χ4v) is 2.29. The van der Waals surface area contributed by atoms with Crippen LogP contribution in [0, 0.1) is 11.0 Å². The number of aromatic nitrogens is 1. The van der Waals surface area contributed by atoms with Crippen molar-refractivity contribution in [3.8, 4) is 5.75 Å². The van der Waals surface area contributed by atoms with Crippen molar-refractivity contribution in [3.05, 3.63) is 70.5 Å². The summed E-state index contributed by atoms with van der Waals surface area (Å²) in [5.41, 5.74) is 1.39. The standard InChI is InChI=1S/C18H17ClFNO4/c1-24-18(22)9-7-16-17(8-6-15(12-19)21(16)23)25-11-10-13-2-4-14(20)5-3-13/h2-9H,10-12H2,1H3/b9-7+. The minimum absolute atomic E-state index is 0.0262. The summed E-state index contributed by atoms with van der Waals surface area (Å²) in [6.45, 7) is 0.283. The molecule has 1 aromatic carbocycles. The van der Waals surface area contributed by atoms with Gasteiger partial charge in [0.25, 0.3) is 5.69 Å². The quantitative estimate of drug-likeness (QED) is 0.249. The van der Waals surface area contributed by atoms with Crippen LogP contribution in [0.25, 0.3) is 6.08 Å². The summed E-state index contributed by atoms with van der Waals surface area (Å²) >= 11 is 5.74. The van der Waals surface area contributed by atoms with E-state index in [4.69, 9.17) is 16.3 Å². The lowest BCUT2D eigenvalue weighted by molar-refractivity contribution is -0.615. The van der Waals surface area contributed by atoms with Crippen molar-refractivity contribution in [3.63, 3.8) is 0 Å². The van der Waals surface area contributed by atoms with Crippen LogP contribution in [0.4, 0.5) is 4.39 Å². The zero-order valence-electron chi connectivity index (χ0n) is 13.6. The first kappa shape index (κ1) is 18.7. The van der Waals surface area contributed by atoms with E-state index < -0.39 is 5.97 Å². The highest BCUT2D eigenvalue weighted by Gasteiger charge is 2.16. The van der Waals surface area contributed by atoms with E-state index in [1.54, 1.807) is 24.3 Å². The number of methoxy groups -OCH3 is 1. The minimum atomic E-state index is -0.589. The van der Waals surface area contributed by atoms with E-state index in [1.165, 1.54) is 25.3 Å². The molecule has 0 N–H and O–H groups in total. The van der Waals surface area contributed by atoms with Crippen LogP contribution in [0.3, 0.4) is 0 Å². The molecule has 25 heavy (non-hydrogen) atoms. The molecule has 1 heterocycles. The van der Waals surface area contributed by atoms with Crippen LogP contribution in [-0.2, 0) is 21.8 Å². The Balaban J connectivity index is 2.15. The topological polar surface area (TPSA) is 62.5 Å². The molecule has 0 unspecified atom stereocenters. The zero-order valence-corrected chi connectivity index (χ0v) is 14.3. The van der Waals surface area contributed by atoms with Crippen LogP contribution < -0.4 is 9.47 Å². The molecule has 0 saturated heterocycles. The number of carbonyl (C=O) groups is 1. The molecule has 0 aliphatic carbocycles. The van der Waals surface area contributed by atoms with Gasteiger partial charge in [0.15, 0.2) is 5.75 Å². The van der Waals surface area contributed by atoms with Crippen molar-refractivity contribution in [2.75, 3.05) is 13.7 Å². The van der Waals surface area contributed by atoms with E-state index in [-0.39, 0.29) is 24.0 Å². The van der Waals surface area contributed by atoms with Crippen LogP contribution in [0.1, 0.15) is 17.0 Å². The molecule has 2 rings (SSSR count). The summed E-state index contributed by atoms with van der Waals surface area (Å²) in [6, 6.07) is 9.26. The van der Waals surface area contributed by atoms with Gasteiger partial charge in [-0.05, 0) is 23.8 Å². The fourth-order valence-electron chi connectivity index (χ4n) is 2.10. The second-order valence-electron chi connectivity index (χ2n) is 5.08. The number of hydrogen-bond donors (Lipinski definition) is 0. The first-order valence-corrected chi connectivity index (χ1v) is 8.03. The monoisotopic (exact) mass is 365 g/mol. The number of alkyl halides is 1. The van der Waals surface area contributed by atoms with Crippen molar-refractivity contribution in [2.45, 2.75) is 12.3 Å². The highest BCUT2D eigenvalue weighted by atomic mass is 35.5. The molecule has 2 aromatic rings. The Morgan fingerprint density at radius 3 is 2.64 bits per heavy atom. The van der Waals surface area contributed by atoms with Crippen LogP contribution in [-0.4, -0.2) is 19.7 Å². The fraction of sp³-hybridized carbons (Fsp3) is 0.222. The predicted octanol–water partition coefficient (Wildman–Crippen LogP) is 3.01. The summed E-state index contributed by atoms with van der Waals surface area (Å²) in [4.78, 5) is 11.3. The van der Waals surface area contributed by atoms with E-state index in [0.717, 1.165) is 11.6 Å². The number of halogens is 2. The van der Waals surface area contributed by atoms with Gasteiger partial charge in [0.2, 0.25) is 5.69 Å². The SMILES string of the molecule is COC(=O)/C=C/c1c(OCCc2ccc(F)cc2)ccc(CCl)[n+]1[O-]. The summed E-state index contributed by atoms with van der Waals surface area (Å²) in [7, 11) is 1.24. The first-order valence-electron chi connectivity index (χ1n) is 7.50. The summed E-state index contributed by atoms with van der Waals surface area (Å²) in [5, 5.41) is 12.3. The van der Waals surface area contributed by atoms with Gasteiger partial charge in [-0.2, -0.15) is 4.73 Å². The number of esters is 1. The second-order valence-corrected chi connectivity index (χ2v) is 5.35. The number of rotatable bonds is 7. The maximum atomic E-state index is 12.9. The van der Waals surface area contributed by atoms with Crippen molar-refractivity contribution in [2.24, 2.45) is 0 Å². The number of hydrogen-bond acceptors (Lipinski definition) is 4. The molecule has 0 saturated carbocycles. The Morgan fingerprint density at radius 1 is 1.28 bits per heavy atom. The third-order valence-corrected chi connectivity index (χ3v) is 3.71. The number of ether oxygens (including phenoxy) is 2. The molecule has 132 valence electrons. The van der Waals surface area contributed by atoms with E-state index in [1.807, 2.05) is 0 Å². The largest absolute Gasteiger partial charge is 0.618 e. The number of benzene rings is 1. The van der Waals surface area contributed by atoms with Crippen molar-refractivity contribution in [1.82, 2.24) is 0 Å². The summed E-state index contributed by atoms with van der Waals surface area (Å²) in [6.07, 6.45) is 2.99. The average Bonchev–Trinajstić information content (AvgIpc) is 2.62. The van der Waals surface area contributed by atoms with E-state index in [2.05, 4.69) is 4.74 Å². The predicted molar refractivity (Wildman–Crippen MR) is 91.6 cm³/mol. The molecule has 0 amide bonds. The molecule has 0 aliphatic heterocycles. The lowest BCUT2D eigenvalue weighted by atomic mass is 10.1. The van der Waals surface area contributed by atoms with Gasteiger partial charge in [0.05, 0.1) is 13.7 Å². The Bertz CT molecular complexity index is 762. The van der Waals surface area contributed by atoms with Gasteiger partial charge >= 0.3 is 5.97 Å². The molecular weight excluding hydrogens is 349 g/mol. The minimum Gasteiger partial charge on any atom is -0.618 e. The van der Waals surface area contributed by atoms with Crippen LogP contribution in [0.2, 0.25) is 0 Å². The van der Waals surface area contributed by atoms with Crippen LogP contribution >= 0.6 is 11.6 Å². The number of nitrogens with zero attached hydrogens (tertiary/aromatic N) is 1. The van der Waals surface area contributed by atoms with Gasteiger partial charge < -0.3 is 14.7 Å². The summed E-state index contributed by atoms with van der Waals surface area (Å²) in [5.74, 6) is -0.554. The maximum absolute atomic E-state index is 12.9. The number of carbonyl (C=O) groups excluding carboxylic acids is 1. The average molecular weight is 366 g/mol. The molecule has 7 heteroatoms. The van der Waals surface area contributed by atoms with E-state index in [9.17, 15) is 14.4 Å². The lowest BCUT2D eigenvalue weighted by Crippen LogP contribution is -2.35. The molecular formula is C18H17ClFNO4. The number of pyridine rings is 1. The maximum Gasteiger partial charge on any atom is 0.330 e. The Morgan fingerprint density at radius 2 is 2.00 bits per heavy atom. The molecule has 0 aliphatic rings. The van der Waals surface area contributed by atoms with Crippen LogP contribution in [0.15, 0.2) is 42.5 Å². The smallest absolute Gasteiger partial charge is 0.330 e. The Hall–Kier alpha value is -2.60. The Labute approximate surface area is 149 Å². The summed E-state index contributed by atoms with van der Waals surface area (Å²) < 4.78 is 23.7. The van der Waals surface area contributed by atoms with E-state index in [0.29, 0.717) is 22.6 Å². The van der Waals surface area contributed by atoms with Crippen LogP contribution in [0.5, 0.6) is 5.75 Å². The van der Waals surface area contributed by atoms with Gasteiger partial charge in [-0.25, -0.2) is 9.18 Å². The molecule has 1 aromatic heterocycles. The molecule has 0 spiro atoms. The van der Waals surface area contributed by atoms with Crippen molar-refractivity contribution >= 4 is 23.6 Å². The molecule has 0 atom stereocenters. The third-order valence-electron chi connectivity index (χ3n) is 3.44. The van der Waals surface area contributed by atoms with Crippen molar-refractivity contribution in [1.29, 1.82) is 0 Å². The lowest BCUT2D eigenvalue weighted by Gasteiger charge is -2.11. The van der Waals surface area contributed by atoms with Gasteiger partial charge in [0, 0.05) is 24.6 Å². The second kappa shape index (κ2) is 9.03. The van der Waals surface area contributed by atoms with Gasteiger partial charge in [-0.1, -0.05) is 12.1 Å². The van der Waals surface area contributed by atoms with Gasteiger partial charge in [-0.3, -0.25) is 0 Å². The first-order chi connectivity index (χ1) is 12.0. The van der Waals surface area contributed by atoms with Gasteiger partial charge in [-0.15, -0.1) is 11.6 Å². The highest BCUT2D eigenvalue weighted by molar-refractivity contribution is 6.16. The molecule has 5 nitrogen and oxygen atoms in total. The van der Waals surface area contributed by atoms with E-state index >= 15 is 0 Å². The highest BCUT2D eigenvalue weighted by Crippen LogP contribution is 2.18. The molecule has 0 fully saturated rings. The molecule has 0 bridgehead atoms. The van der Waals surface area contributed by atoms with Crippen molar-refractivity contribution < 1.29 is 23.4 Å². The zero-order chi connectivity index (χ0) is 18.2. The normalized spacial score (nSPS) is 10.8.